The lowest BCUT2D eigenvalue weighted by Crippen LogP contribution is -2.12. The van der Waals surface area contributed by atoms with Crippen LogP contribution in [0.2, 0.25) is 0 Å². The Kier molecular flexibility index (Phi) is 2.85. The number of aromatic nitrogens is 3. The lowest BCUT2D eigenvalue weighted by molar-refractivity contribution is 0.591. The largest absolute Gasteiger partial charge is 0.336 e. The highest BCUT2D eigenvalue weighted by Gasteiger charge is 2.20. The first-order valence-corrected chi connectivity index (χ1v) is 6.88. The van der Waals surface area contributed by atoms with Crippen molar-refractivity contribution in [2.75, 3.05) is 0 Å². The van der Waals surface area contributed by atoms with Crippen molar-refractivity contribution < 1.29 is 0 Å². The number of fused-ring (bicyclic) bond motifs is 1. The lowest BCUT2D eigenvalue weighted by Gasteiger charge is -2.21. The fraction of sp³-hybridized carbons (Fsp3) is 0.294. The minimum atomic E-state index is 0.0814. The van der Waals surface area contributed by atoms with E-state index >= 15 is 0 Å². The Morgan fingerprint density at radius 3 is 2.50 bits per heavy atom. The first-order chi connectivity index (χ1) is 9.47. The summed E-state index contributed by atoms with van der Waals surface area (Å²) in [5.74, 6) is 0.896. The van der Waals surface area contributed by atoms with E-state index in [1.165, 1.54) is 11.1 Å². The lowest BCUT2D eigenvalue weighted by atomic mass is 9.83. The number of nitrogens with one attached hydrogen (secondary N) is 1. The molecule has 0 saturated heterocycles. The smallest absolute Gasteiger partial charge is 0.178 e. The number of aromatic amines is 1. The minimum Gasteiger partial charge on any atom is -0.336 e. The zero-order valence-electron chi connectivity index (χ0n) is 12.4. The Morgan fingerprint density at radius 2 is 1.80 bits per heavy atom. The molecule has 3 rings (SSSR count). The molecule has 0 aliphatic heterocycles. The molecule has 3 heteroatoms. The van der Waals surface area contributed by atoms with Crippen molar-refractivity contribution in [2.45, 2.75) is 33.1 Å². The van der Waals surface area contributed by atoms with E-state index in [0.717, 1.165) is 22.6 Å². The Hall–Kier alpha value is -2.16. The van der Waals surface area contributed by atoms with Crippen molar-refractivity contribution in [3.05, 3.63) is 47.7 Å². The monoisotopic (exact) mass is 265 g/mol. The minimum absolute atomic E-state index is 0.0814. The van der Waals surface area contributed by atoms with Gasteiger partial charge >= 0.3 is 0 Å². The summed E-state index contributed by atoms with van der Waals surface area (Å²) in [5.41, 5.74) is 5.49. The number of rotatable bonds is 1. The van der Waals surface area contributed by atoms with Gasteiger partial charge in [0.15, 0.2) is 5.65 Å². The Morgan fingerprint density at radius 1 is 1.05 bits per heavy atom. The van der Waals surface area contributed by atoms with E-state index in [9.17, 15) is 0 Å². The number of hydrogen-bond acceptors (Lipinski definition) is 2. The van der Waals surface area contributed by atoms with Crippen molar-refractivity contribution in [3.63, 3.8) is 0 Å². The van der Waals surface area contributed by atoms with Crippen LogP contribution >= 0.6 is 0 Å². The molecule has 1 N–H and O–H groups in total. The first kappa shape index (κ1) is 12.9. The molecular weight excluding hydrogens is 246 g/mol. The van der Waals surface area contributed by atoms with Gasteiger partial charge in [0.1, 0.15) is 5.82 Å². The van der Waals surface area contributed by atoms with Crippen LogP contribution in [0.1, 0.15) is 31.9 Å². The Labute approximate surface area is 119 Å². The molecule has 2 heterocycles. The normalized spacial score (nSPS) is 12.0. The maximum Gasteiger partial charge on any atom is 0.178 e. The third-order valence-corrected chi connectivity index (χ3v) is 3.59. The second-order valence-corrected chi connectivity index (χ2v) is 6.21. The summed E-state index contributed by atoms with van der Waals surface area (Å²) in [6.07, 6.45) is 1.80. The van der Waals surface area contributed by atoms with Crippen molar-refractivity contribution in [3.8, 4) is 11.4 Å². The van der Waals surface area contributed by atoms with Gasteiger partial charge in [-0.1, -0.05) is 45.0 Å². The standard InChI is InChI=1S/C17H19N3/c1-11-9-10-18-16-14(11)19-15(20-16)12-7-5-6-8-13(12)17(2,3)4/h5-10H,1-4H3,(H,18,19,20). The molecule has 102 valence electrons. The van der Waals surface area contributed by atoms with Crippen LogP contribution in [0.25, 0.3) is 22.6 Å². The summed E-state index contributed by atoms with van der Waals surface area (Å²) >= 11 is 0. The summed E-state index contributed by atoms with van der Waals surface area (Å²) < 4.78 is 0. The molecule has 20 heavy (non-hydrogen) atoms. The molecule has 0 atom stereocenters. The summed E-state index contributed by atoms with van der Waals surface area (Å²) in [5, 5.41) is 0. The number of nitrogens with zero attached hydrogens (tertiary/aromatic N) is 2. The van der Waals surface area contributed by atoms with Crippen molar-refractivity contribution in [1.82, 2.24) is 15.0 Å². The molecule has 0 unspecified atom stereocenters. The van der Waals surface area contributed by atoms with Gasteiger partial charge in [0.25, 0.3) is 0 Å². The molecular formula is C17H19N3. The van der Waals surface area contributed by atoms with E-state index in [-0.39, 0.29) is 5.41 Å². The molecule has 0 aliphatic rings. The SMILES string of the molecule is Cc1ccnc2nc(-c3ccccc3C(C)(C)C)[nH]c12. The second kappa shape index (κ2) is 4.44. The molecule has 3 aromatic rings. The van der Waals surface area contributed by atoms with Crippen LogP contribution in [0.5, 0.6) is 0 Å². The molecule has 0 saturated carbocycles. The van der Waals surface area contributed by atoms with Crippen LogP contribution in [0.4, 0.5) is 0 Å². The fourth-order valence-corrected chi connectivity index (χ4v) is 2.51. The van der Waals surface area contributed by atoms with E-state index in [1.54, 1.807) is 6.20 Å². The highest BCUT2D eigenvalue weighted by molar-refractivity contribution is 5.79. The number of H-pyrrole nitrogens is 1. The van der Waals surface area contributed by atoms with Crippen LogP contribution in [0.15, 0.2) is 36.5 Å². The van der Waals surface area contributed by atoms with Gasteiger partial charge in [-0.15, -0.1) is 0 Å². The number of hydrogen-bond donors (Lipinski definition) is 1. The van der Waals surface area contributed by atoms with Gasteiger partial charge in [-0.3, -0.25) is 0 Å². The topological polar surface area (TPSA) is 41.6 Å². The quantitative estimate of drug-likeness (QED) is 0.715. The van der Waals surface area contributed by atoms with Gasteiger partial charge in [0.2, 0.25) is 0 Å². The average Bonchev–Trinajstić information content (AvgIpc) is 2.83. The van der Waals surface area contributed by atoms with Crippen molar-refractivity contribution in [1.29, 1.82) is 0 Å². The maximum atomic E-state index is 4.65. The van der Waals surface area contributed by atoms with Gasteiger partial charge in [0, 0.05) is 11.8 Å². The van der Waals surface area contributed by atoms with Gasteiger partial charge in [-0.05, 0) is 29.5 Å². The highest BCUT2D eigenvalue weighted by Crippen LogP contribution is 2.32. The van der Waals surface area contributed by atoms with Crippen LogP contribution in [-0.4, -0.2) is 15.0 Å². The van der Waals surface area contributed by atoms with Gasteiger partial charge in [-0.2, -0.15) is 0 Å². The molecule has 0 fully saturated rings. The van der Waals surface area contributed by atoms with Crippen LogP contribution in [0, 0.1) is 6.92 Å². The van der Waals surface area contributed by atoms with Crippen molar-refractivity contribution >= 4 is 11.2 Å². The highest BCUT2D eigenvalue weighted by atomic mass is 15.0. The molecule has 3 nitrogen and oxygen atoms in total. The number of pyridine rings is 1. The third-order valence-electron chi connectivity index (χ3n) is 3.59. The Bertz CT molecular complexity index is 763. The van der Waals surface area contributed by atoms with E-state index in [1.807, 2.05) is 6.07 Å². The molecule has 0 radical (unpaired) electrons. The first-order valence-electron chi connectivity index (χ1n) is 6.88. The van der Waals surface area contributed by atoms with Crippen molar-refractivity contribution in [2.24, 2.45) is 0 Å². The van der Waals surface area contributed by atoms with Crippen LogP contribution in [-0.2, 0) is 5.41 Å². The molecule has 2 aromatic heterocycles. The molecule has 0 amide bonds. The molecule has 0 bridgehead atoms. The average molecular weight is 265 g/mol. The van der Waals surface area contributed by atoms with E-state index in [4.69, 9.17) is 0 Å². The summed E-state index contributed by atoms with van der Waals surface area (Å²) in [7, 11) is 0. The second-order valence-electron chi connectivity index (χ2n) is 6.21. The summed E-state index contributed by atoms with van der Waals surface area (Å²) in [6, 6.07) is 10.4. The summed E-state index contributed by atoms with van der Waals surface area (Å²) in [6.45, 7) is 8.73. The van der Waals surface area contributed by atoms with E-state index in [2.05, 4.69) is 66.9 Å². The predicted octanol–water partition coefficient (Wildman–Crippen LogP) is 4.23. The zero-order valence-corrected chi connectivity index (χ0v) is 12.4. The fourth-order valence-electron chi connectivity index (χ4n) is 2.51. The predicted molar refractivity (Wildman–Crippen MR) is 82.8 cm³/mol. The number of benzene rings is 1. The Balaban J connectivity index is 2.24. The number of imidazole rings is 1. The van der Waals surface area contributed by atoms with Crippen LogP contribution in [0.3, 0.4) is 0 Å². The molecule has 0 spiro atoms. The van der Waals surface area contributed by atoms with Crippen LogP contribution < -0.4 is 0 Å². The molecule has 0 aliphatic carbocycles. The molecule has 1 aromatic carbocycles. The van der Waals surface area contributed by atoms with Gasteiger partial charge in [-0.25, -0.2) is 9.97 Å². The number of aryl methyl sites for hydroxylation is 1. The van der Waals surface area contributed by atoms with E-state index < -0.39 is 0 Å². The van der Waals surface area contributed by atoms with Gasteiger partial charge < -0.3 is 4.98 Å². The van der Waals surface area contributed by atoms with Gasteiger partial charge in [0.05, 0.1) is 5.52 Å². The maximum absolute atomic E-state index is 4.65. The third kappa shape index (κ3) is 2.09. The zero-order chi connectivity index (χ0) is 14.3. The van der Waals surface area contributed by atoms with E-state index in [0.29, 0.717) is 0 Å². The summed E-state index contributed by atoms with van der Waals surface area (Å²) in [4.78, 5) is 12.4.